The Morgan fingerprint density at radius 1 is 1.07 bits per heavy atom. The fourth-order valence-electron chi connectivity index (χ4n) is 4.72. The molecule has 152 valence electrons. The van der Waals surface area contributed by atoms with Crippen LogP contribution in [0.4, 0.5) is 0 Å². The summed E-state index contributed by atoms with van der Waals surface area (Å²) in [7, 11) is 0. The highest BCUT2D eigenvalue weighted by molar-refractivity contribution is 6.20. The zero-order valence-corrected chi connectivity index (χ0v) is 17.3. The van der Waals surface area contributed by atoms with Gasteiger partial charge in [0.1, 0.15) is 12.2 Å². The number of hydrogen-bond acceptors (Lipinski definition) is 4. The average Bonchev–Trinajstić information content (AvgIpc) is 2.94. The zero-order chi connectivity index (χ0) is 20.6. The first kappa shape index (κ1) is 19.7. The normalized spacial score (nSPS) is 24.1. The van der Waals surface area contributed by atoms with Crippen LogP contribution in [0.25, 0.3) is 5.57 Å². The topological polar surface area (TPSA) is 55.8 Å². The number of ether oxygens (including phenoxy) is 2. The van der Waals surface area contributed by atoms with Crippen molar-refractivity contribution in [3.63, 3.8) is 0 Å². The first-order valence-electron chi connectivity index (χ1n) is 10.3. The number of aryl methyl sites for hydroxylation is 3. The van der Waals surface area contributed by atoms with Crippen LogP contribution in [-0.4, -0.2) is 22.8 Å². The van der Waals surface area contributed by atoms with Crippen molar-refractivity contribution >= 4 is 11.5 Å². The van der Waals surface area contributed by atoms with Crippen LogP contribution in [0.2, 0.25) is 0 Å². The molecule has 0 aromatic heterocycles. The maximum absolute atomic E-state index is 13.1. The Hall–Kier alpha value is -2.59. The lowest BCUT2D eigenvalue weighted by molar-refractivity contribution is -0.152. The third-order valence-corrected chi connectivity index (χ3v) is 6.05. The SMILES string of the molecule is Cc1cc(C)c(C2=C(OCc3ccccc3)[C@]3(CC[C@@H](O)CC3)OC2=O)c(C)c1. The van der Waals surface area contributed by atoms with Crippen LogP contribution in [0.15, 0.2) is 48.2 Å². The van der Waals surface area contributed by atoms with Crippen molar-refractivity contribution in [2.45, 2.75) is 64.8 Å². The summed E-state index contributed by atoms with van der Waals surface area (Å²) in [4.78, 5) is 13.1. The molecule has 29 heavy (non-hydrogen) atoms. The van der Waals surface area contributed by atoms with Gasteiger partial charge in [-0.15, -0.1) is 0 Å². The van der Waals surface area contributed by atoms with Crippen molar-refractivity contribution < 1.29 is 19.4 Å². The standard InChI is InChI=1S/C25H28O4/c1-16-13-17(2)21(18(3)14-16)22-23(28-15-19-7-5-4-6-8-19)25(29-24(22)27)11-9-20(26)10-12-25/h4-8,13-14,20,26H,9-12,15H2,1-3H3/t20-,25-. The van der Waals surface area contributed by atoms with Gasteiger partial charge in [-0.25, -0.2) is 4.79 Å². The summed E-state index contributed by atoms with van der Waals surface area (Å²) in [5, 5.41) is 10.0. The van der Waals surface area contributed by atoms with E-state index in [1.54, 1.807) is 0 Å². The van der Waals surface area contributed by atoms with E-state index in [-0.39, 0.29) is 12.1 Å². The van der Waals surface area contributed by atoms with E-state index in [2.05, 4.69) is 19.1 Å². The molecule has 1 fully saturated rings. The number of carbonyl (C=O) groups excluding carboxylic acids is 1. The van der Waals surface area contributed by atoms with Crippen molar-refractivity contribution in [2.75, 3.05) is 0 Å². The van der Waals surface area contributed by atoms with Gasteiger partial charge < -0.3 is 14.6 Å². The summed E-state index contributed by atoms with van der Waals surface area (Å²) in [5.74, 6) is 0.313. The van der Waals surface area contributed by atoms with Crippen molar-refractivity contribution in [2.24, 2.45) is 0 Å². The van der Waals surface area contributed by atoms with Crippen molar-refractivity contribution in [1.29, 1.82) is 0 Å². The molecule has 2 aromatic carbocycles. The number of aliphatic hydroxyl groups excluding tert-OH is 1. The van der Waals surface area contributed by atoms with Crippen LogP contribution >= 0.6 is 0 Å². The first-order valence-corrected chi connectivity index (χ1v) is 10.3. The minimum atomic E-state index is -0.774. The second-order valence-electron chi connectivity index (χ2n) is 8.37. The molecular weight excluding hydrogens is 364 g/mol. The fraction of sp³-hybridized carbons (Fsp3) is 0.400. The van der Waals surface area contributed by atoms with Gasteiger partial charge in [-0.1, -0.05) is 48.0 Å². The minimum Gasteiger partial charge on any atom is -0.488 e. The molecule has 4 nitrogen and oxygen atoms in total. The van der Waals surface area contributed by atoms with Gasteiger partial charge in [-0.3, -0.25) is 0 Å². The van der Waals surface area contributed by atoms with Gasteiger partial charge >= 0.3 is 5.97 Å². The van der Waals surface area contributed by atoms with Gasteiger partial charge in [0.2, 0.25) is 0 Å². The Balaban J connectivity index is 1.81. The Bertz CT molecular complexity index is 927. The molecule has 4 heteroatoms. The second kappa shape index (κ2) is 7.68. The number of carbonyl (C=O) groups is 1. The lowest BCUT2D eigenvalue weighted by Crippen LogP contribution is -2.39. The van der Waals surface area contributed by atoms with E-state index in [1.165, 1.54) is 0 Å². The van der Waals surface area contributed by atoms with E-state index < -0.39 is 5.60 Å². The van der Waals surface area contributed by atoms with Crippen LogP contribution in [0.5, 0.6) is 0 Å². The van der Waals surface area contributed by atoms with Gasteiger partial charge in [0.05, 0.1) is 6.10 Å². The van der Waals surface area contributed by atoms with E-state index in [0.29, 0.717) is 43.6 Å². The van der Waals surface area contributed by atoms with E-state index in [4.69, 9.17) is 9.47 Å². The molecule has 0 amide bonds. The Kier molecular flexibility index (Phi) is 5.22. The molecule has 4 rings (SSSR count). The number of aliphatic hydroxyl groups is 1. The smallest absolute Gasteiger partial charge is 0.343 e. The lowest BCUT2D eigenvalue weighted by Gasteiger charge is -2.35. The van der Waals surface area contributed by atoms with Crippen LogP contribution < -0.4 is 0 Å². The zero-order valence-electron chi connectivity index (χ0n) is 17.3. The maximum Gasteiger partial charge on any atom is 0.343 e. The monoisotopic (exact) mass is 392 g/mol. The van der Waals surface area contributed by atoms with Gasteiger partial charge in [0.15, 0.2) is 11.4 Å². The fourth-order valence-corrected chi connectivity index (χ4v) is 4.72. The number of esters is 1. The third-order valence-electron chi connectivity index (χ3n) is 6.05. The molecule has 1 N–H and O–H groups in total. The maximum atomic E-state index is 13.1. The average molecular weight is 392 g/mol. The van der Waals surface area contributed by atoms with Crippen LogP contribution in [-0.2, 0) is 20.9 Å². The Morgan fingerprint density at radius 3 is 2.31 bits per heavy atom. The molecular formula is C25H28O4. The van der Waals surface area contributed by atoms with Crippen LogP contribution in [0, 0.1) is 20.8 Å². The number of rotatable bonds is 4. The lowest BCUT2D eigenvalue weighted by atomic mass is 9.80. The summed E-state index contributed by atoms with van der Waals surface area (Å²) in [6.07, 6.45) is 2.02. The van der Waals surface area contributed by atoms with Crippen molar-refractivity contribution in [1.82, 2.24) is 0 Å². The highest BCUT2D eigenvalue weighted by Gasteiger charge is 2.51. The number of benzene rings is 2. The number of hydrogen-bond donors (Lipinski definition) is 1. The summed E-state index contributed by atoms with van der Waals surface area (Å²) in [6, 6.07) is 14.1. The molecule has 1 aliphatic carbocycles. The van der Waals surface area contributed by atoms with E-state index in [0.717, 1.165) is 27.8 Å². The first-order chi connectivity index (χ1) is 13.9. The summed E-state index contributed by atoms with van der Waals surface area (Å²) in [6.45, 7) is 6.49. The predicted molar refractivity (Wildman–Crippen MR) is 112 cm³/mol. The molecule has 0 radical (unpaired) electrons. The molecule has 0 atom stereocenters. The second-order valence-corrected chi connectivity index (χ2v) is 8.37. The molecule has 1 spiro atoms. The highest BCUT2D eigenvalue weighted by atomic mass is 16.6. The van der Waals surface area contributed by atoms with Crippen LogP contribution in [0.1, 0.15) is 53.5 Å². The quantitative estimate of drug-likeness (QED) is 0.762. The van der Waals surface area contributed by atoms with Gasteiger partial charge in [-0.2, -0.15) is 0 Å². The summed E-state index contributed by atoms with van der Waals surface area (Å²) in [5.41, 5.74) is 4.98. The molecule has 2 aromatic rings. The minimum absolute atomic E-state index is 0.320. The Morgan fingerprint density at radius 2 is 1.69 bits per heavy atom. The molecule has 0 saturated heterocycles. The van der Waals surface area contributed by atoms with Crippen LogP contribution in [0.3, 0.4) is 0 Å². The largest absolute Gasteiger partial charge is 0.488 e. The van der Waals surface area contributed by atoms with E-state index in [1.807, 2.05) is 44.2 Å². The van der Waals surface area contributed by atoms with Gasteiger partial charge in [0.25, 0.3) is 0 Å². The summed E-state index contributed by atoms with van der Waals surface area (Å²) < 4.78 is 12.3. The van der Waals surface area contributed by atoms with Crippen molar-refractivity contribution in [3.8, 4) is 0 Å². The Labute approximate surface area is 172 Å². The molecule has 1 heterocycles. The third kappa shape index (κ3) is 3.69. The van der Waals surface area contributed by atoms with Gasteiger partial charge in [0, 0.05) is 0 Å². The van der Waals surface area contributed by atoms with Gasteiger partial charge in [-0.05, 0) is 68.7 Å². The van der Waals surface area contributed by atoms with E-state index >= 15 is 0 Å². The molecule has 1 saturated carbocycles. The predicted octanol–water partition coefficient (Wildman–Crippen LogP) is 4.77. The van der Waals surface area contributed by atoms with E-state index in [9.17, 15) is 9.90 Å². The van der Waals surface area contributed by atoms with Crippen molar-refractivity contribution in [3.05, 3.63) is 76.0 Å². The summed E-state index contributed by atoms with van der Waals surface area (Å²) >= 11 is 0. The molecule has 1 aliphatic heterocycles. The molecule has 2 aliphatic rings. The molecule has 0 unspecified atom stereocenters. The molecule has 0 bridgehead atoms. The highest BCUT2D eigenvalue weighted by Crippen LogP contribution is 2.48.